The van der Waals surface area contributed by atoms with Crippen LogP contribution in [-0.4, -0.2) is 49.6 Å². The Morgan fingerprint density at radius 3 is 2.65 bits per heavy atom. The lowest BCUT2D eigenvalue weighted by atomic mass is 10.0. The van der Waals surface area contributed by atoms with Crippen molar-refractivity contribution < 1.29 is 18.8 Å². The van der Waals surface area contributed by atoms with Gasteiger partial charge < -0.3 is 14.8 Å². The molecule has 7 rings (SSSR count). The second kappa shape index (κ2) is 10.5. The van der Waals surface area contributed by atoms with Crippen molar-refractivity contribution in [2.45, 2.75) is 51.6 Å². The zero-order valence-corrected chi connectivity index (χ0v) is 22.7. The van der Waals surface area contributed by atoms with Crippen LogP contribution in [0.5, 0.6) is 0 Å². The topological polar surface area (TPSA) is 97.2 Å². The van der Waals surface area contributed by atoms with Crippen LogP contribution in [0.1, 0.15) is 47.9 Å². The first-order valence-electron chi connectivity index (χ1n) is 13.3. The maximum atomic E-state index is 14.9. The van der Waals surface area contributed by atoms with Crippen molar-refractivity contribution in [3.05, 3.63) is 76.7 Å². The minimum Gasteiger partial charge on any atom is -0.337 e. The van der Waals surface area contributed by atoms with E-state index in [0.29, 0.717) is 50.0 Å². The Labute approximate surface area is 235 Å². The maximum absolute atomic E-state index is 14.9. The SMILES string of the molecule is CC(=O)c1cn2c3cc(ccc13)-c1cnc(nc1)CCCc1cc(Cl)c(F)c(c1)NC(=O)[C@@H]1CCCN1C(=O)C2. The highest BCUT2D eigenvalue weighted by Crippen LogP contribution is 2.30. The average molecular weight is 560 g/mol. The lowest BCUT2D eigenvalue weighted by Crippen LogP contribution is -2.44. The van der Waals surface area contributed by atoms with Gasteiger partial charge in [-0.2, -0.15) is 0 Å². The monoisotopic (exact) mass is 559 g/mol. The van der Waals surface area contributed by atoms with Crippen LogP contribution in [0.4, 0.5) is 10.1 Å². The largest absolute Gasteiger partial charge is 0.337 e. The summed E-state index contributed by atoms with van der Waals surface area (Å²) in [6, 6.07) is 8.14. The Bertz CT molecular complexity index is 1670. The number of aromatic nitrogens is 3. The molecule has 204 valence electrons. The summed E-state index contributed by atoms with van der Waals surface area (Å²) < 4.78 is 16.7. The fourth-order valence-electron chi connectivity index (χ4n) is 5.64. The molecule has 1 N–H and O–H groups in total. The number of hydrogen-bond donors (Lipinski definition) is 1. The lowest BCUT2D eigenvalue weighted by molar-refractivity contribution is -0.137. The second-order valence-corrected chi connectivity index (χ2v) is 10.8. The van der Waals surface area contributed by atoms with E-state index in [-0.39, 0.29) is 28.9 Å². The maximum Gasteiger partial charge on any atom is 0.247 e. The molecule has 0 unspecified atom stereocenters. The Morgan fingerprint density at radius 2 is 1.88 bits per heavy atom. The molecular formula is C30H27ClFN5O3. The molecule has 0 spiro atoms. The van der Waals surface area contributed by atoms with Crippen molar-refractivity contribution in [2.24, 2.45) is 0 Å². The number of nitrogens with one attached hydrogen (secondary N) is 1. The highest BCUT2D eigenvalue weighted by molar-refractivity contribution is 6.31. The molecule has 3 aliphatic rings. The van der Waals surface area contributed by atoms with Crippen LogP contribution in [0.15, 0.2) is 48.9 Å². The molecular weight excluding hydrogens is 533 g/mol. The van der Waals surface area contributed by atoms with E-state index in [1.165, 1.54) is 11.8 Å². The first-order valence-corrected chi connectivity index (χ1v) is 13.7. The summed E-state index contributed by atoms with van der Waals surface area (Å²) >= 11 is 6.17. The predicted molar refractivity (Wildman–Crippen MR) is 150 cm³/mol. The normalized spacial score (nSPS) is 17.8. The van der Waals surface area contributed by atoms with Gasteiger partial charge in [0.2, 0.25) is 11.8 Å². The third-order valence-electron chi connectivity index (χ3n) is 7.69. The number of amides is 2. The fraction of sp³-hybridized carbons (Fsp3) is 0.300. The number of hydrogen-bond acceptors (Lipinski definition) is 5. The Hall–Kier alpha value is -4.11. The van der Waals surface area contributed by atoms with Gasteiger partial charge in [-0.15, -0.1) is 0 Å². The Kier molecular flexibility index (Phi) is 6.83. The molecule has 1 atom stereocenters. The van der Waals surface area contributed by atoms with Crippen molar-refractivity contribution in [2.75, 3.05) is 11.9 Å². The van der Waals surface area contributed by atoms with E-state index in [2.05, 4.69) is 15.3 Å². The van der Waals surface area contributed by atoms with E-state index in [1.807, 2.05) is 18.2 Å². The standard InChI is InChI=1S/C30H27ClFN5O3/c1-17(38)22-15-36-16-28(39)37-9-3-5-25(37)30(40)35-24-11-18(10-23(31)29(24)32)4-2-6-27-33-13-20(14-34-27)19-7-8-21(22)26(36)12-19/h7-8,10-15,25H,2-6,9,16H2,1H3,(H,35,40)/t25-/m0/s1. The zero-order chi connectivity index (χ0) is 28.0. The number of halogens is 2. The molecule has 1 saturated heterocycles. The Morgan fingerprint density at radius 1 is 1.07 bits per heavy atom. The van der Waals surface area contributed by atoms with Gasteiger partial charge >= 0.3 is 0 Å². The number of benzene rings is 2. The van der Waals surface area contributed by atoms with Crippen LogP contribution >= 0.6 is 11.6 Å². The Balaban J connectivity index is 1.43. The van der Waals surface area contributed by atoms with E-state index >= 15 is 0 Å². The average Bonchev–Trinajstić information content (AvgIpc) is 3.57. The first-order chi connectivity index (χ1) is 19.3. The third kappa shape index (κ3) is 4.86. The van der Waals surface area contributed by atoms with Crippen LogP contribution in [0, 0.1) is 5.82 Å². The van der Waals surface area contributed by atoms with Gasteiger partial charge in [0.15, 0.2) is 11.6 Å². The minimum atomic E-state index is -0.736. The summed E-state index contributed by atoms with van der Waals surface area (Å²) in [6.45, 7) is 1.85. The number of ketones is 1. The van der Waals surface area contributed by atoms with Crippen molar-refractivity contribution in [3.8, 4) is 11.1 Å². The summed E-state index contributed by atoms with van der Waals surface area (Å²) in [4.78, 5) is 49.9. The molecule has 0 radical (unpaired) electrons. The summed E-state index contributed by atoms with van der Waals surface area (Å²) in [5, 5.41) is 3.34. The predicted octanol–water partition coefficient (Wildman–Crippen LogP) is 5.21. The van der Waals surface area contributed by atoms with E-state index in [9.17, 15) is 18.8 Å². The first kappa shape index (κ1) is 26.1. The number of fused-ring (bicyclic) bond motifs is 6. The minimum absolute atomic E-state index is 0.00293. The summed E-state index contributed by atoms with van der Waals surface area (Å²) in [5.41, 5.74) is 3.70. The van der Waals surface area contributed by atoms with Gasteiger partial charge in [0.25, 0.3) is 0 Å². The number of carbonyl (C=O) groups excluding carboxylic acids is 3. The van der Waals surface area contributed by atoms with Gasteiger partial charge in [-0.3, -0.25) is 14.4 Å². The summed E-state index contributed by atoms with van der Waals surface area (Å²) in [7, 11) is 0. The van der Waals surface area contributed by atoms with Crippen molar-refractivity contribution in [1.29, 1.82) is 0 Å². The number of rotatable bonds is 1. The smallest absolute Gasteiger partial charge is 0.247 e. The second-order valence-electron chi connectivity index (χ2n) is 10.4. The lowest BCUT2D eigenvalue weighted by Gasteiger charge is -2.24. The van der Waals surface area contributed by atoms with Gasteiger partial charge in [0.1, 0.15) is 18.4 Å². The molecule has 4 aromatic rings. The van der Waals surface area contributed by atoms with Crippen LogP contribution in [0.25, 0.3) is 22.0 Å². The van der Waals surface area contributed by atoms with E-state index < -0.39 is 17.8 Å². The van der Waals surface area contributed by atoms with Gasteiger partial charge in [-0.1, -0.05) is 23.7 Å². The van der Waals surface area contributed by atoms with Crippen molar-refractivity contribution in [1.82, 2.24) is 19.4 Å². The van der Waals surface area contributed by atoms with Crippen molar-refractivity contribution >= 4 is 45.8 Å². The number of anilines is 1. The molecule has 0 aliphatic carbocycles. The van der Waals surface area contributed by atoms with Gasteiger partial charge in [-0.25, -0.2) is 14.4 Å². The van der Waals surface area contributed by atoms with Crippen LogP contribution < -0.4 is 5.32 Å². The quantitative estimate of drug-likeness (QED) is 0.323. The van der Waals surface area contributed by atoms with Gasteiger partial charge in [0, 0.05) is 53.6 Å². The molecule has 2 aromatic heterocycles. The van der Waals surface area contributed by atoms with Crippen molar-refractivity contribution in [3.63, 3.8) is 0 Å². The molecule has 0 saturated carbocycles. The van der Waals surface area contributed by atoms with Crippen LogP contribution in [0.3, 0.4) is 0 Å². The third-order valence-corrected chi connectivity index (χ3v) is 7.97. The number of Topliss-reactive ketones (excluding diaryl/α,β-unsaturated/α-hetero) is 1. The van der Waals surface area contributed by atoms with Crippen LogP contribution in [0.2, 0.25) is 5.02 Å². The summed E-state index contributed by atoms with van der Waals surface area (Å²) in [6.07, 6.45) is 8.25. The molecule has 2 amide bonds. The molecule has 8 nitrogen and oxygen atoms in total. The van der Waals surface area contributed by atoms with E-state index in [1.54, 1.807) is 35.3 Å². The van der Waals surface area contributed by atoms with E-state index in [4.69, 9.17) is 11.6 Å². The van der Waals surface area contributed by atoms with Gasteiger partial charge in [0.05, 0.1) is 10.7 Å². The molecule has 6 bridgehead atoms. The molecule has 5 heterocycles. The fourth-order valence-corrected chi connectivity index (χ4v) is 5.88. The van der Waals surface area contributed by atoms with Gasteiger partial charge in [-0.05, 0) is 61.9 Å². The summed E-state index contributed by atoms with van der Waals surface area (Å²) in [5.74, 6) is -0.852. The molecule has 2 aromatic carbocycles. The highest BCUT2D eigenvalue weighted by Gasteiger charge is 2.35. The number of carbonyl (C=O) groups is 3. The molecule has 1 fully saturated rings. The number of nitrogens with zero attached hydrogens (tertiary/aromatic N) is 4. The van der Waals surface area contributed by atoms with E-state index in [0.717, 1.165) is 27.6 Å². The zero-order valence-electron chi connectivity index (χ0n) is 21.9. The molecule has 40 heavy (non-hydrogen) atoms. The molecule has 3 aliphatic heterocycles. The molecule has 10 heteroatoms. The highest BCUT2D eigenvalue weighted by atomic mass is 35.5. The van der Waals surface area contributed by atoms with Crippen LogP contribution in [-0.2, 0) is 29.0 Å². The number of aryl methyl sites for hydroxylation is 2.